The van der Waals surface area contributed by atoms with Crippen LogP contribution in [0.2, 0.25) is 0 Å². The van der Waals surface area contributed by atoms with Gasteiger partial charge in [0.2, 0.25) is 5.88 Å². The summed E-state index contributed by atoms with van der Waals surface area (Å²) in [5.41, 5.74) is 3.29. The Labute approximate surface area is 243 Å². The Morgan fingerprint density at radius 1 is 1.02 bits per heavy atom. The smallest absolute Gasteiger partial charge is 0.215 e. The van der Waals surface area contributed by atoms with Crippen molar-refractivity contribution in [2.45, 2.75) is 68.9 Å². The monoisotopic (exact) mass is 579 g/mol. The molecule has 0 radical (unpaired) electrons. The van der Waals surface area contributed by atoms with Crippen molar-refractivity contribution in [1.29, 1.82) is 0 Å². The molecule has 1 aromatic heterocycles. The van der Waals surface area contributed by atoms with Crippen molar-refractivity contribution in [3.8, 4) is 11.6 Å². The number of piperazine rings is 1. The average Bonchev–Trinajstić information content (AvgIpc) is 3.63. The largest absolute Gasteiger partial charge is 0.508 e. The summed E-state index contributed by atoms with van der Waals surface area (Å²) in [4.78, 5) is 11.6. The lowest BCUT2D eigenvalue weighted by Crippen LogP contribution is -2.51. The molecule has 6 heterocycles. The van der Waals surface area contributed by atoms with Crippen LogP contribution in [-0.4, -0.2) is 78.1 Å². The number of anilines is 2. The molecule has 0 saturated carbocycles. The average molecular weight is 580 g/mol. The molecule has 2 aromatic carbocycles. The molecule has 5 aliphatic rings. The van der Waals surface area contributed by atoms with Gasteiger partial charge >= 0.3 is 0 Å². The number of hydrogen-bond donors (Lipinski definition) is 2. The second-order valence-electron chi connectivity index (χ2n) is 12.9. The zero-order valence-corrected chi connectivity index (χ0v) is 23.6. The van der Waals surface area contributed by atoms with Crippen molar-refractivity contribution in [1.82, 2.24) is 15.2 Å². The molecule has 2 N–H and O–H groups in total. The van der Waals surface area contributed by atoms with E-state index in [1.54, 1.807) is 0 Å². The predicted octanol–water partition coefficient (Wildman–Crippen LogP) is 4.68. The van der Waals surface area contributed by atoms with Crippen molar-refractivity contribution >= 4 is 22.1 Å². The molecule has 2 bridgehead atoms. The second kappa shape index (κ2) is 9.91. The first-order valence-corrected chi connectivity index (χ1v) is 15.3. The summed E-state index contributed by atoms with van der Waals surface area (Å²) in [6.45, 7) is 4.55. The van der Waals surface area contributed by atoms with Gasteiger partial charge in [-0.05, 0) is 56.2 Å². The molecule has 0 spiro atoms. The third kappa shape index (κ3) is 4.37. The summed E-state index contributed by atoms with van der Waals surface area (Å²) in [6, 6.07) is 8.52. The summed E-state index contributed by atoms with van der Waals surface area (Å²) < 4.78 is 50.3. The van der Waals surface area contributed by atoms with Gasteiger partial charge in [-0.3, -0.25) is 4.90 Å². The molecule has 4 fully saturated rings. The molecule has 5 aliphatic heterocycles. The van der Waals surface area contributed by atoms with Crippen LogP contribution in [0.5, 0.6) is 11.6 Å². The predicted molar refractivity (Wildman–Crippen MR) is 155 cm³/mol. The Bertz CT molecular complexity index is 1540. The summed E-state index contributed by atoms with van der Waals surface area (Å²) in [7, 11) is 0. The number of phenols is 1. The van der Waals surface area contributed by atoms with Crippen molar-refractivity contribution in [2.24, 2.45) is 0 Å². The Morgan fingerprint density at radius 2 is 1.86 bits per heavy atom. The zero-order chi connectivity index (χ0) is 28.6. The summed E-state index contributed by atoms with van der Waals surface area (Å²) >= 11 is 0. The molecule has 4 saturated heterocycles. The molecule has 2 unspecified atom stereocenters. The highest BCUT2D eigenvalue weighted by molar-refractivity contribution is 5.96. The number of nitrogens with one attached hydrogen (secondary N) is 1. The van der Waals surface area contributed by atoms with E-state index in [1.807, 2.05) is 4.90 Å². The van der Waals surface area contributed by atoms with Crippen LogP contribution < -0.4 is 19.9 Å². The van der Waals surface area contributed by atoms with E-state index < -0.39 is 17.8 Å². The molecule has 42 heavy (non-hydrogen) atoms. The van der Waals surface area contributed by atoms with Crippen LogP contribution in [0.3, 0.4) is 0 Å². The van der Waals surface area contributed by atoms with Crippen LogP contribution in [0.4, 0.5) is 24.5 Å². The maximum Gasteiger partial charge on any atom is 0.215 e. The number of phenolic OH excluding ortho intramolecular Hbond substituents is 1. The minimum absolute atomic E-state index is 0.000524. The quantitative estimate of drug-likeness (QED) is 0.455. The van der Waals surface area contributed by atoms with E-state index in [1.165, 1.54) is 31.0 Å². The van der Waals surface area contributed by atoms with Gasteiger partial charge in [0.1, 0.15) is 18.5 Å². The first-order valence-electron chi connectivity index (χ1n) is 15.3. The summed E-state index contributed by atoms with van der Waals surface area (Å²) in [5, 5.41) is 14.8. The zero-order valence-electron chi connectivity index (χ0n) is 23.6. The number of rotatable bonds is 5. The Kier molecular flexibility index (Phi) is 6.23. The molecule has 3 aromatic rings. The fourth-order valence-corrected chi connectivity index (χ4v) is 8.32. The topological polar surface area (TPSA) is 64.1 Å². The number of halogens is 3. The van der Waals surface area contributed by atoms with Crippen LogP contribution in [0.15, 0.2) is 30.3 Å². The molecule has 10 heteroatoms. The van der Waals surface area contributed by atoms with E-state index in [-0.39, 0.29) is 16.7 Å². The van der Waals surface area contributed by atoms with Gasteiger partial charge in [-0.15, -0.1) is 0 Å². The first kappa shape index (κ1) is 26.4. The molecular weight excluding hydrogens is 543 g/mol. The lowest BCUT2D eigenvalue weighted by atomic mass is 9.95. The molecule has 222 valence electrons. The van der Waals surface area contributed by atoms with E-state index in [4.69, 9.17) is 9.72 Å². The molecule has 4 atom stereocenters. The van der Waals surface area contributed by atoms with Crippen LogP contribution in [0, 0.1) is 11.6 Å². The number of nitrogens with zero attached hydrogens (tertiary/aromatic N) is 4. The summed E-state index contributed by atoms with van der Waals surface area (Å²) in [6.07, 6.45) is 4.65. The van der Waals surface area contributed by atoms with E-state index >= 15 is 4.39 Å². The third-order valence-corrected chi connectivity index (χ3v) is 10.3. The number of alkyl halides is 1. The lowest BCUT2D eigenvalue weighted by molar-refractivity contribution is 0.110. The van der Waals surface area contributed by atoms with Gasteiger partial charge in [0.15, 0.2) is 11.6 Å². The van der Waals surface area contributed by atoms with Gasteiger partial charge in [-0.25, -0.2) is 18.2 Å². The molecular formula is C32H36F3N5O2. The van der Waals surface area contributed by atoms with E-state index in [0.29, 0.717) is 68.1 Å². The molecule has 8 rings (SSSR count). The Balaban J connectivity index is 1.16. The standard InChI is InChI=1S/C32H36F3N5O2/c33-20-13-32(7-1-8-40(32)14-20)18-42-29-12-27(39-15-21-3-4-22(16-39)36-21)24-6-9-38(17-26(24)37-29)28-11-23(41)10-19-2-5-25(34)31(35)30(19)28/h2,5,10-12,20-22,36,41H,1,3-4,6-9,13-18H2/t20-,21?,22?,32+/m1/s1. The van der Waals surface area contributed by atoms with Crippen molar-refractivity contribution in [3.63, 3.8) is 0 Å². The number of aromatic hydroxyl groups is 1. The number of hydrogen-bond acceptors (Lipinski definition) is 7. The number of aromatic nitrogens is 1. The lowest BCUT2D eigenvalue weighted by Gasteiger charge is -2.39. The molecule has 0 amide bonds. The fraction of sp³-hybridized carbons (Fsp3) is 0.531. The number of ether oxygens (including phenoxy) is 1. The highest BCUT2D eigenvalue weighted by atomic mass is 19.2. The van der Waals surface area contributed by atoms with E-state index in [0.717, 1.165) is 55.5 Å². The Hall–Kier alpha value is -3.24. The van der Waals surface area contributed by atoms with Crippen molar-refractivity contribution in [3.05, 3.63) is 53.2 Å². The highest BCUT2D eigenvalue weighted by Gasteiger charge is 2.49. The van der Waals surface area contributed by atoms with Crippen LogP contribution in [0.25, 0.3) is 10.8 Å². The maximum absolute atomic E-state index is 15.1. The Morgan fingerprint density at radius 3 is 2.69 bits per heavy atom. The van der Waals surface area contributed by atoms with Crippen molar-refractivity contribution in [2.75, 3.05) is 49.1 Å². The van der Waals surface area contributed by atoms with Crippen LogP contribution >= 0.6 is 0 Å². The van der Waals surface area contributed by atoms with E-state index in [9.17, 15) is 13.9 Å². The minimum atomic E-state index is -0.918. The second-order valence-corrected chi connectivity index (χ2v) is 12.9. The highest BCUT2D eigenvalue weighted by Crippen LogP contribution is 2.42. The van der Waals surface area contributed by atoms with Gasteiger partial charge in [0.25, 0.3) is 0 Å². The van der Waals surface area contributed by atoms with Crippen LogP contribution in [0.1, 0.15) is 43.4 Å². The number of pyridine rings is 1. The third-order valence-electron chi connectivity index (χ3n) is 10.3. The summed E-state index contributed by atoms with van der Waals surface area (Å²) in [5.74, 6) is -1.31. The van der Waals surface area contributed by atoms with Gasteiger partial charge in [-0.2, -0.15) is 0 Å². The van der Waals surface area contributed by atoms with Crippen LogP contribution in [-0.2, 0) is 13.0 Å². The SMILES string of the molecule is Oc1cc(N2CCc3c(N4CC5CCC(C4)N5)cc(OC[C@@]45CCCN4C[C@H](F)C5)nc3C2)c2c(F)c(F)ccc2c1. The number of benzene rings is 2. The normalized spacial score (nSPS) is 28.9. The van der Waals surface area contributed by atoms with Gasteiger partial charge in [0.05, 0.1) is 23.5 Å². The molecule has 7 nitrogen and oxygen atoms in total. The minimum Gasteiger partial charge on any atom is -0.508 e. The maximum atomic E-state index is 15.1. The first-order chi connectivity index (χ1) is 20.3. The van der Waals surface area contributed by atoms with Gasteiger partial charge in [0, 0.05) is 73.5 Å². The van der Waals surface area contributed by atoms with Crippen molar-refractivity contribution < 1.29 is 23.0 Å². The number of fused-ring (bicyclic) bond motifs is 5. The van der Waals surface area contributed by atoms with Gasteiger partial charge < -0.3 is 25.0 Å². The fourth-order valence-electron chi connectivity index (χ4n) is 8.32. The molecule has 0 aliphatic carbocycles. The van der Waals surface area contributed by atoms with Gasteiger partial charge in [-0.1, -0.05) is 6.07 Å². The van der Waals surface area contributed by atoms with E-state index in [2.05, 4.69) is 21.2 Å².